The van der Waals surface area contributed by atoms with Crippen LogP contribution in [-0.4, -0.2) is 60.8 Å². The second-order valence-corrected chi connectivity index (χ2v) is 8.90. The maximum atomic E-state index is 15.9. The second kappa shape index (κ2) is 8.31. The van der Waals surface area contributed by atoms with Crippen LogP contribution < -0.4 is 4.74 Å². The summed E-state index contributed by atoms with van der Waals surface area (Å²) in [6.45, 7) is 3.67. The lowest BCUT2D eigenvalue weighted by molar-refractivity contribution is 0.000727. The smallest absolute Gasteiger partial charge is 0.410 e. The van der Waals surface area contributed by atoms with E-state index in [9.17, 15) is 4.79 Å². The van der Waals surface area contributed by atoms with Crippen LogP contribution >= 0.6 is 11.6 Å². The molecule has 0 aromatic heterocycles. The van der Waals surface area contributed by atoms with Gasteiger partial charge in [-0.25, -0.2) is 9.18 Å². The minimum Gasteiger partial charge on any atom is -0.496 e. The molecule has 0 spiro atoms. The summed E-state index contributed by atoms with van der Waals surface area (Å²) < 4.78 is 26.5. The van der Waals surface area contributed by atoms with Crippen LogP contribution in [0.15, 0.2) is 18.2 Å². The molecule has 1 aromatic carbocycles. The number of ether oxygens (including phenoxy) is 2. The predicted octanol–water partition coefficient (Wildman–Crippen LogP) is 4.76. The van der Waals surface area contributed by atoms with Gasteiger partial charge in [0.2, 0.25) is 0 Å². The van der Waals surface area contributed by atoms with Gasteiger partial charge < -0.3 is 14.4 Å². The summed E-state index contributed by atoms with van der Waals surface area (Å²) in [6.07, 6.45) is 4.67. The van der Waals surface area contributed by atoms with Crippen LogP contribution in [0.5, 0.6) is 5.75 Å². The Balaban J connectivity index is 1.41. The molecule has 2 bridgehead atoms. The largest absolute Gasteiger partial charge is 0.496 e. The maximum absolute atomic E-state index is 15.9. The van der Waals surface area contributed by atoms with Crippen LogP contribution in [0.3, 0.4) is 0 Å². The molecule has 0 radical (unpaired) electrons. The first-order valence-electron chi connectivity index (χ1n) is 10.7. The summed E-state index contributed by atoms with van der Waals surface area (Å²) in [5.41, 5.74) is -0.860. The molecule has 0 N–H and O–H groups in total. The van der Waals surface area contributed by atoms with Gasteiger partial charge >= 0.3 is 6.09 Å². The Hall–Kier alpha value is -1.53. The van der Waals surface area contributed by atoms with Crippen molar-refractivity contribution in [2.24, 2.45) is 0 Å². The van der Waals surface area contributed by atoms with Gasteiger partial charge in [-0.05, 0) is 63.6 Å². The van der Waals surface area contributed by atoms with Crippen LogP contribution in [-0.2, 0) is 10.4 Å². The summed E-state index contributed by atoms with van der Waals surface area (Å²) in [7, 11) is 1.57. The molecule has 5 nitrogen and oxygen atoms in total. The fourth-order valence-corrected chi connectivity index (χ4v) is 5.66. The molecule has 0 aliphatic carbocycles. The molecule has 3 saturated heterocycles. The van der Waals surface area contributed by atoms with Crippen LogP contribution in [0.4, 0.5) is 9.18 Å². The number of fused-ring (bicyclic) bond motifs is 2. The summed E-state index contributed by atoms with van der Waals surface area (Å²) in [5.74, 6) is 0.561. The van der Waals surface area contributed by atoms with E-state index in [1.807, 2.05) is 11.8 Å². The molecule has 3 heterocycles. The summed E-state index contributed by atoms with van der Waals surface area (Å²) in [6, 6.07) is 6.09. The number of benzene rings is 1. The molecule has 3 aliphatic heterocycles. The Morgan fingerprint density at radius 2 is 1.86 bits per heavy atom. The van der Waals surface area contributed by atoms with Crippen molar-refractivity contribution in [1.82, 2.24) is 9.80 Å². The van der Waals surface area contributed by atoms with E-state index in [1.165, 1.54) is 0 Å². The number of carbonyl (C=O) groups excluding carboxylic acids is 1. The van der Waals surface area contributed by atoms with Gasteiger partial charge in [-0.15, -0.1) is 0 Å². The quantitative estimate of drug-likeness (QED) is 0.698. The highest BCUT2D eigenvalue weighted by Crippen LogP contribution is 2.45. The minimum absolute atomic E-state index is 0.173. The average Bonchev–Trinajstić information content (AvgIpc) is 2.98. The summed E-state index contributed by atoms with van der Waals surface area (Å²) in [4.78, 5) is 16.7. The lowest BCUT2D eigenvalue weighted by Gasteiger charge is -2.46. The highest BCUT2D eigenvalue weighted by molar-refractivity contribution is 6.30. The van der Waals surface area contributed by atoms with E-state index in [1.54, 1.807) is 25.3 Å². The Kier molecular flexibility index (Phi) is 5.94. The molecule has 1 unspecified atom stereocenters. The number of rotatable bonds is 4. The second-order valence-electron chi connectivity index (χ2n) is 8.46. The summed E-state index contributed by atoms with van der Waals surface area (Å²) >= 11 is 6.13. The average molecular weight is 425 g/mol. The number of alkyl halides is 1. The van der Waals surface area contributed by atoms with Crippen LogP contribution in [0.25, 0.3) is 0 Å². The molecule has 7 heteroatoms. The zero-order valence-corrected chi connectivity index (χ0v) is 18.0. The van der Waals surface area contributed by atoms with E-state index in [-0.39, 0.29) is 18.2 Å². The standard InChI is InChI=1S/C22H30ClFN2O3/c1-3-29-21(27)26-16-5-6-17(26)14-18(13-16)25-10-8-22(24,9-11-25)19-12-15(23)4-7-20(19)28-2/h4,7,12,16-18H,3,5-6,8-11,13-14H2,1-2H3/t16-,17+,18?. The number of methoxy groups -OCH3 is 1. The van der Waals surface area contributed by atoms with Crippen LogP contribution in [0.1, 0.15) is 51.0 Å². The minimum atomic E-state index is -1.42. The third-order valence-corrected chi connectivity index (χ3v) is 7.17. The molecular weight excluding hydrogens is 395 g/mol. The van der Waals surface area contributed by atoms with Crippen molar-refractivity contribution in [1.29, 1.82) is 0 Å². The SMILES string of the molecule is CCOC(=O)N1[C@@H]2CC[C@H]1CC(N1CCC(F)(c3cc(Cl)ccc3OC)CC1)C2. The van der Waals surface area contributed by atoms with Crippen molar-refractivity contribution < 1.29 is 18.7 Å². The molecule has 1 amide bonds. The third-order valence-electron chi connectivity index (χ3n) is 6.94. The fourth-order valence-electron chi connectivity index (χ4n) is 5.49. The molecule has 3 fully saturated rings. The fraction of sp³-hybridized carbons (Fsp3) is 0.682. The Morgan fingerprint density at radius 3 is 2.45 bits per heavy atom. The number of carbonyl (C=O) groups is 1. The molecule has 0 saturated carbocycles. The monoisotopic (exact) mass is 424 g/mol. The van der Waals surface area contributed by atoms with E-state index in [0.29, 0.717) is 54.9 Å². The van der Waals surface area contributed by atoms with Gasteiger partial charge in [-0.2, -0.15) is 0 Å². The van der Waals surface area contributed by atoms with Gasteiger partial charge in [0, 0.05) is 41.8 Å². The molecule has 4 rings (SSSR count). The first kappa shape index (κ1) is 20.7. The third kappa shape index (κ3) is 3.93. The van der Waals surface area contributed by atoms with E-state index in [2.05, 4.69) is 4.90 Å². The Bertz CT molecular complexity index is 740. The number of hydrogen-bond donors (Lipinski definition) is 0. The van der Waals surface area contributed by atoms with Gasteiger partial charge in [0.05, 0.1) is 13.7 Å². The number of piperidine rings is 2. The van der Waals surface area contributed by atoms with Gasteiger partial charge in [0.15, 0.2) is 0 Å². The van der Waals surface area contributed by atoms with Crippen molar-refractivity contribution >= 4 is 17.7 Å². The van der Waals surface area contributed by atoms with E-state index in [4.69, 9.17) is 21.1 Å². The summed E-state index contributed by atoms with van der Waals surface area (Å²) in [5, 5.41) is 0.531. The molecule has 3 atom stereocenters. The number of halogens is 2. The zero-order chi connectivity index (χ0) is 20.6. The number of likely N-dealkylation sites (tertiary alicyclic amines) is 1. The molecular formula is C22H30ClFN2O3. The van der Waals surface area contributed by atoms with E-state index in [0.717, 1.165) is 25.7 Å². The van der Waals surface area contributed by atoms with Crippen molar-refractivity contribution in [3.8, 4) is 5.75 Å². The normalized spacial score (nSPS) is 29.0. The zero-order valence-electron chi connectivity index (χ0n) is 17.2. The van der Waals surface area contributed by atoms with Crippen molar-refractivity contribution in [3.05, 3.63) is 28.8 Å². The lowest BCUT2D eigenvalue weighted by Crippen LogP contribution is -2.54. The van der Waals surface area contributed by atoms with E-state index < -0.39 is 5.67 Å². The molecule has 160 valence electrons. The highest BCUT2D eigenvalue weighted by atomic mass is 35.5. The van der Waals surface area contributed by atoms with Crippen LogP contribution in [0.2, 0.25) is 5.02 Å². The highest BCUT2D eigenvalue weighted by Gasteiger charge is 2.47. The first-order valence-corrected chi connectivity index (χ1v) is 11.0. The van der Waals surface area contributed by atoms with E-state index >= 15 is 4.39 Å². The number of nitrogens with zero attached hydrogens (tertiary/aromatic N) is 2. The Morgan fingerprint density at radius 1 is 1.21 bits per heavy atom. The lowest BCUT2D eigenvalue weighted by atomic mass is 9.84. The van der Waals surface area contributed by atoms with Crippen molar-refractivity contribution in [2.75, 3.05) is 26.8 Å². The molecule has 3 aliphatic rings. The number of amides is 1. The molecule has 1 aromatic rings. The van der Waals surface area contributed by atoms with Gasteiger partial charge in [-0.1, -0.05) is 11.6 Å². The van der Waals surface area contributed by atoms with Gasteiger partial charge in [0.1, 0.15) is 11.4 Å². The van der Waals surface area contributed by atoms with Crippen molar-refractivity contribution in [3.63, 3.8) is 0 Å². The first-order chi connectivity index (χ1) is 13.9. The molecule has 29 heavy (non-hydrogen) atoms. The topological polar surface area (TPSA) is 42.0 Å². The van der Waals surface area contributed by atoms with Crippen LogP contribution in [0, 0.1) is 0 Å². The predicted molar refractivity (Wildman–Crippen MR) is 110 cm³/mol. The Labute approximate surface area is 177 Å². The van der Waals surface area contributed by atoms with Crippen molar-refractivity contribution in [2.45, 2.75) is 69.2 Å². The maximum Gasteiger partial charge on any atom is 0.410 e. The van der Waals surface area contributed by atoms with Gasteiger partial charge in [0.25, 0.3) is 0 Å². The van der Waals surface area contributed by atoms with Gasteiger partial charge in [-0.3, -0.25) is 4.90 Å². The number of hydrogen-bond acceptors (Lipinski definition) is 4.